The lowest BCUT2D eigenvalue weighted by molar-refractivity contribution is -0.116. The van der Waals surface area contributed by atoms with E-state index in [0.29, 0.717) is 5.82 Å². The number of aromatic nitrogens is 4. The maximum absolute atomic E-state index is 12.0. The van der Waals surface area contributed by atoms with Gasteiger partial charge in [-0.2, -0.15) is 0 Å². The van der Waals surface area contributed by atoms with Crippen molar-refractivity contribution in [3.63, 3.8) is 0 Å². The Hall–Kier alpha value is -2.64. The van der Waals surface area contributed by atoms with Crippen LogP contribution in [0, 0.1) is 0 Å². The van der Waals surface area contributed by atoms with Crippen LogP contribution in [0.4, 0.5) is 5.82 Å². The first-order valence-corrected chi connectivity index (χ1v) is 7.27. The van der Waals surface area contributed by atoms with Crippen LogP contribution in [0.3, 0.4) is 0 Å². The van der Waals surface area contributed by atoms with Crippen molar-refractivity contribution in [2.75, 3.05) is 5.32 Å². The third-order valence-corrected chi connectivity index (χ3v) is 3.71. The smallest absolute Gasteiger partial charge is 0.315 e. The number of carbonyl (C=O) groups is 1. The Balaban J connectivity index is 1.62. The van der Waals surface area contributed by atoms with E-state index in [1.165, 1.54) is 16.8 Å². The molecule has 0 saturated heterocycles. The van der Waals surface area contributed by atoms with E-state index >= 15 is 0 Å². The largest absolute Gasteiger partial charge is 0.328 e. The summed E-state index contributed by atoms with van der Waals surface area (Å²) in [6.45, 7) is 1.08. The first-order chi connectivity index (χ1) is 10.6. The first-order valence-electron chi connectivity index (χ1n) is 7.27. The molecule has 0 unspecified atom stereocenters. The molecule has 2 N–H and O–H groups in total. The van der Waals surface area contributed by atoms with Crippen molar-refractivity contribution in [1.29, 1.82) is 0 Å². The number of fused-ring (bicyclic) bond motifs is 1. The molecule has 0 radical (unpaired) electrons. The third kappa shape index (κ3) is 3.00. The van der Waals surface area contributed by atoms with E-state index in [1.54, 1.807) is 6.20 Å². The van der Waals surface area contributed by atoms with Gasteiger partial charge in [-0.25, -0.2) is 9.78 Å². The summed E-state index contributed by atoms with van der Waals surface area (Å²) in [5.41, 5.74) is -0.960. The zero-order valence-corrected chi connectivity index (χ0v) is 12.0. The van der Waals surface area contributed by atoms with Crippen molar-refractivity contribution in [3.05, 3.63) is 45.1 Å². The fraction of sp³-hybridized carbons (Fsp3) is 0.429. The van der Waals surface area contributed by atoms with Gasteiger partial charge in [-0.1, -0.05) is 0 Å². The van der Waals surface area contributed by atoms with Crippen LogP contribution >= 0.6 is 0 Å². The number of hydrogen-bond acceptors (Lipinski definition) is 4. The minimum absolute atomic E-state index is 0.145. The molecule has 8 heteroatoms. The van der Waals surface area contributed by atoms with Crippen molar-refractivity contribution in [3.8, 4) is 0 Å². The predicted octanol–water partition coefficient (Wildman–Crippen LogP) is 0.0982. The fourth-order valence-corrected chi connectivity index (χ4v) is 2.56. The van der Waals surface area contributed by atoms with E-state index in [0.717, 1.165) is 31.6 Å². The number of carbonyl (C=O) groups excluding carboxylic acids is 1. The number of rotatable bonds is 4. The maximum atomic E-state index is 12.0. The second-order valence-corrected chi connectivity index (χ2v) is 5.27. The van der Waals surface area contributed by atoms with Crippen LogP contribution in [0.5, 0.6) is 0 Å². The van der Waals surface area contributed by atoms with Crippen LogP contribution in [0.15, 0.2) is 28.0 Å². The Morgan fingerprint density at radius 1 is 1.36 bits per heavy atom. The number of nitrogens with zero attached hydrogens (tertiary/aromatic N) is 3. The Morgan fingerprint density at radius 2 is 2.23 bits per heavy atom. The van der Waals surface area contributed by atoms with E-state index in [1.807, 2.05) is 4.57 Å². The van der Waals surface area contributed by atoms with Crippen molar-refractivity contribution in [1.82, 2.24) is 19.1 Å². The molecule has 0 saturated carbocycles. The van der Waals surface area contributed by atoms with Gasteiger partial charge in [-0.3, -0.25) is 14.6 Å². The van der Waals surface area contributed by atoms with Gasteiger partial charge in [0.2, 0.25) is 5.91 Å². The summed E-state index contributed by atoms with van der Waals surface area (Å²) >= 11 is 0. The lowest BCUT2D eigenvalue weighted by atomic mass is 10.2. The van der Waals surface area contributed by atoms with Crippen LogP contribution in [0.25, 0.3) is 0 Å². The lowest BCUT2D eigenvalue weighted by Crippen LogP contribution is -2.30. The molecule has 1 amide bonds. The Morgan fingerprint density at radius 3 is 3.05 bits per heavy atom. The second-order valence-electron chi connectivity index (χ2n) is 5.27. The summed E-state index contributed by atoms with van der Waals surface area (Å²) in [6, 6.07) is 1.26. The molecule has 3 heterocycles. The van der Waals surface area contributed by atoms with Crippen LogP contribution in [0.2, 0.25) is 0 Å². The molecular weight excluding hydrogens is 286 g/mol. The highest BCUT2D eigenvalue weighted by Crippen LogP contribution is 2.19. The number of H-pyrrole nitrogens is 1. The van der Waals surface area contributed by atoms with E-state index in [2.05, 4.69) is 15.3 Å². The SMILES string of the molecule is O=C(CCn1ccc(=O)[nH]c1=O)Nc1cnc2n1CCCC2. The average Bonchev–Trinajstić information content (AvgIpc) is 2.90. The molecule has 0 aliphatic carbocycles. The highest BCUT2D eigenvalue weighted by molar-refractivity contribution is 5.89. The molecule has 2 aromatic rings. The molecular formula is C14H17N5O3. The molecule has 0 bridgehead atoms. The summed E-state index contributed by atoms with van der Waals surface area (Å²) in [5, 5.41) is 2.83. The topological polar surface area (TPSA) is 102 Å². The molecule has 0 spiro atoms. The quantitative estimate of drug-likeness (QED) is 0.836. The number of amides is 1. The van der Waals surface area contributed by atoms with Crippen LogP contribution in [-0.2, 0) is 24.3 Å². The van der Waals surface area contributed by atoms with E-state index in [-0.39, 0.29) is 18.9 Å². The summed E-state index contributed by atoms with van der Waals surface area (Å²) in [5.74, 6) is 1.51. The third-order valence-electron chi connectivity index (χ3n) is 3.71. The lowest BCUT2D eigenvalue weighted by Gasteiger charge is -2.16. The molecule has 0 fully saturated rings. The summed E-state index contributed by atoms with van der Waals surface area (Å²) in [6.07, 6.45) is 6.34. The van der Waals surface area contributed by atoms with Crippen molar-refractivity contribution >= 4 is 11.7 Å². The second kappa shape index (κ2) is 6.00. The normalized spacial score (nSPS) is 13.6. The van der Waals surface area contributed by atoms with Crippen LogP contribution in [-0.4, -0.2) is 25.0 Å². The highest BCUT2D eigenvalue weighted by atomic mass is 16.2. The zero-order valence-electron chi connectivity index (χ0n) is 12.0. The van der Waals surface area contributed by atoms with Crippen LogP contribution in [0.1, 0.15) is 25.1 Å². The molecule has 22 heavy (non-hydrogen) atoms. The van der Waals surface area contributed by atoms with Crippen molar-refractivity contribution < 1.29 is 4.79 Å². The monoisotopic (exact) mass is 303 g/mol. The molecule has 1 aliphatic rings. The van der Waals surface area contributed by atoms with E-state index < -0.39 is 11.2 Å². The number of hydrogen-bond donors (Lipinski definition) is 2. The molecule has 3 rings (SSSR count). The number of aryl methyl sites for hydroxylation is 2. The van der Waals surface area contributed by atoms with Gasteiger partial charge in [0.25, 0.3) is 5.56 Å². The molecule has 8 nitrogen and oxygen atoms in total. The summed E-state index contributed by atoms with van der Waals surface area (Å²) in [4.78, 5) is 41.0. The van der Waals surface area contributed by atoms with Gasteiger partial charge in [0, 0.05) is 38.2 Å². The Kier molecular flexibility index (Phi) is 3.90. The summed E-state index contributed by atoms with van der Waals surface area (Å²) < 4.78 is 3.32. The van der Waals surface area contributed by atoms with Gasteiger partial charge in [0.15, 0.2) is 0 Å². The van der Waals surface area contributed by atoms with E-state index in [4.69, 9.17) is 0 Å². The minimum Gasteiger partial charge on any atom is -0.315 e. The molecule has 0 aromatic carbocycles. The highest BCUT2D eigenvalue weighted by Gasteiger charge is 2.15. The number of imidazole rings is 1. The predicted molar refractivity (Wildman–Crippen MR) is 79.7 cm³/mol. The van der Waals surface area contributed by atoms with E-state index in [9.17, 15) is 14.4 Å². The summed E-state index contributed by atoms with van der Waals surface area (Å²) in [7, 11) is 0. The number of anilines is 1. The van der Waals surface area contributed by atoms with Crippen molar-refractivity contribution in [2.45, 2.75) is 38.8 Å². The molecule has 116 valence electrons. The Bertz CT molecular complexity index is 801. The van der Waals surface area contributed by atoms with Gasteiger partial charge in [0.1, 0.15) is 11.6 Å². The standard InChI is InChI=1S/C14H17N5O3/c20-12(4-7-18-8-5-13(21)17-14(18)22)16-11-9-15-10-3-1-2-6-19(10)11/h5,8-9H,1-4,6-7H2,(H,16,20)(H,17,21,22). The fourth-order valence-electron chi connectivity index (χ4n) is 2.56. The minimum atomic E-state index is -0.512. The zero-order chi connectivity index (χ0) is 15.5. The van der Waals surface area contributed by atoms with Gasteiger partial charge in [0.05, 0.1) is 6.20 Å². The van der Waals surface area contributed by atoms with Crippen molar-refractivity contribution in [2.24, 2.45) is 0 Å². The molecule has 1 aliphatic heterocycles. The number of aromatic amines is 1. The Labute approximate surface area is 125 Å². The van der Waals surface area contributed by atoms with Gasteiger partial charge in [-0.15, -0.1) is 0 Å². The van der Waals surface area contributed by atoms with Gasteiger partial charge in [-0.05, 0) is 12.8 Å². The maximum Gasteiger partial charge on any atom is 0.328 e. The molecule has 2 aromatic heterocycles. The van der Waals surface area contributed by atoms with Gasteiger partial charge >= 0.3 is 5.69 Å². The number of nitrogens with one attached hydrogen (secondary N) is 2. The molecule has 0 atom stereocenters. The average molecular weight is 303 g/mol. The van der Waals surface area contributed by atoms with Crippen LogP contribution < -0.4 is 16.6 Å². The first kappa shape index (κ1) is 14.3. The van der Waals surface area contributed by atoms with Gasteiger partial charge < -0.3 is 14.5 Å².